The Balaban J connectivity index is 0.000000315. The average Bonchev–Trinajstić information content (AvgIpc) is 2.90. The SMILES string of the molecule is CCCCCC.Cc1cnn(CC[C@H]2CCCCN2C)c1. The van der Waals surface area contributed by atoms with Gasteiger partial charge in [-0.2, -0.15) is 5.10 Å². The summed E-state index contributed by atoms with van der Waals surface area (Å²) in [6.45, 7) is 8.88. The molecule has 1 aliphatic rings. The highest BCUT2D eigenvalue weighted by molar-refractivity contribution is 4.99. The minimum atomic E-state index is 0.767. The van der Waals surface area contributed by atoms with E-state index in [2.05, 4.69) is 48.7 Å². The van der Waals surface area contributed by atoms with E-state index in [1.165, 1.54) is 63.5 Å². The number of aromatic nitrogens is 2. The van der Waals surface area contributed by atoms with Gasteiger partial charge in [0.25, 0.3) is 0 Å². The van der Waals surface area contributed by atoms with Crippen LogP contribution in [0.5, 0.6) is 0 Å². The minimum absolute atomic E-state index is 0.767. The smallest absolute Gasteiger partial charge is 0.0518 e. The van der Waals surface area contributed by atoms with E-state index >= 15 is 0 Å². The number of unbranched alkanes of at least 4 members (excludes halogenated alkanes) is 3. The van der Waals surface area contributed by atoms with Gasteiger partial charge in [0.15, 0.2) is 0 Å². The molecule has 0 amide bonds. The van der Waals surface area contributed by atoms with Crippen LogP contribution in [0.2, 0.25) is 0 Å². The van der Waals surface area contributed by atoms with Crippen LogP contribution in [0.25, 0.3) is 0 Å². The van der Waals surface area contributed by atoms with Crippen molar-refractivity contribution < 1.29 is 0 Å². The largest absolute Gasteiger partial charge is 0.303 e. The van der Waals surface area contributed by atoms with E-state index in [-0.39, 0.29) is 0 Å². The molecule has 3 nitrogen and oxygen atoms in total. The molecule has 0 aliphatic carbocycles. The molecule has 0 spiro atoms. The minimum Gasteiger partial charge on any atom is -0.303 e. The van der Waals surface area contributed by atoms with Crippen LogP contribution in [-0.2, 0) is 6.54 Å². The maximum atomic E-state index is 4.32. The fraction of sp³-hybridized carbons (Fsp3) is 0.833. The van der Waals surface area contributed by atoms with E-state index in [1.807, 2.05) is 6.20 Å². The molecular formula is C18H35N3. The summed E-state index contributed by atoms with van der Waals surface area (Å²) in [6.07, 6.45) is 15.0. The van der Waals surface area contributed by atoms with Gasteiger partial charge in [0.05, 0.1) is 6.20 Å². The summed E-state index contributed by atoms with van der Waals surface area (Å²) in [4.78, 5) is 2.50. The van der Waals surface area contributed by atoms with Crippen LogP contribution in [0.3, 0.4) is 0 Å². The monoisotopic (exact) mass is 293 g/mol. The first-order valence-corrected chi connectivity index (χ1v) is 8.86. The van der Waals surface area contributed by atoms with Gasteiger partial charge in [-0.3, -0.25) is 4.68 Å². The Labute approximate surface area is 131 Å². The van der Waals surface area contributed by atoms with Crippen LogP contribution in [-0.4, -0.2) is 34.3 Å². The second-order valence-corrected chi connectivity index (χ2v) is 6.41. The van der Waals surface area contributed by atoms with Crippen molar-refractivity contribution in [2.24, 2.45) is 0 Å². The van der Waals surface area contributed by atoms with E-state index in [9.17, 15) is 0 Å². The molecule has 0 radical (unpaired) electrons. The molecule has 21 heavy (non-hydrogen) atoms. The first kappa shape index (κ1) is 18.2. The summed E-state index contributed by atoms with van der Waals surface area (Å²) < 4.78 is 2.07. The Hall–Kier alpha value is -0.830. The van der Waals surface area contributed by atoms with Crippen molar-refractivity contribution in [1.29, 1.82) is 0 Å². The number of hydrogen-bond acceptors (Lipinski definition) is 2. The van der Waals surface area contributed by atoms with Crippen molar-refractivity contribution in [2.45, 2.75) is 84.7 Å². The summed E-state index contributed by atoms with van der Waals surface area (Å²) in [5.41, 5.74) is 1.26. The molecule has 0 bridgehead atoms. The zero-order valence-electron chi connectivity index (χ0n) is 14.6. The zero-order chi connectivity index (χ0) is 15.5. The topological polar surface area (TPSA) is 21.1 Å². The van der Waals surface area contributed by atoms with Crippen molar-refractivity contribution in [2.75, 3.05) is 13.6 Å². The highest BCUT2D eigenvalue weighted by atomic mass is 15.3. The van der Waals surface area contributed by atoms with Crippen LogP contribution in [0.1, 0.15) is 70.8 Å². The fourth-order valence-electron chi connectivity index (χ4n) is 2.88. The number of rotatable bonds is 6. The highest BCUT2D eigenvalue weighted by Crippen LogP contribution is 2.18. The van der Waals surface area contributed by atoms with Crippen molar-refractivity contribution in [3.63, 3.8) is 0 Å². The molecule has 0 aromatic carbocycles. The molecule has 0 saturated carbocycles. The van der Waals surface area contributed by atoms with Crippen molar-refractivity contribution >= 4 is 0 Å². The van der Waals surface area contributed by atoms with E-state index in [1.54, 1.807) is 0 Å². The van der Waals surface area contributed by atoms with Gasteiger partial charge in [-0.15, -0.1) is 0 Å². The van der Waals surface area contributed by atoms with Gasteiger partial charge in [0.2, 0.25) is 0 Å². The Morgan fingerprint density at radius 2 is 1.90 bits per heavy atom. The first-order chi connectivity index (χ1) is 10.2. The van der Waals surface area contributed by atoms with Crippen LogP contribution in [0, 0.1) is 6.92 Å². The molecule has 2 heterocycles. The molecule has 3 heteroatoms. The van der Waals surface area contributed by atoms with Crippen LogP contribution in [0.15, 0.2) is 12.4 Å². The predicted octanol–water partition coefficient (Wildman–Crippen LogP) is 4.65. The van der Waals surface area contributed by atoms with Gasteiger partial charge in [-0.1, -0.05) is 46.0 Å². The van der Waals surface area contributed by atoms with Gasteiger partial charge >= 0.3 is 0 Å². The Morgan fingerprint density at radius 1 is 1.19 bits per heavy atom. The van der Waals surface area contributed by atoms with Crippen molar-refractivity contribution in [3.05, 3.63) is 18.0 Å². The van der Waals surface area contributed by atoms with E-state index in [4.69, 9.17) is 0 Å². The molecule has 1 aliphatic heterocycles. The van der Waals surface area contributed by atoms with Gasteiger partial charge in [-0.25, -0.2) is 0 Å². The molecule has 1 aromatic heterocycles. The van der Waals surface area contributed by atoms with E-state index in [0.29, 0.717) is 0 Å². The summed E-state index contributed by atoms with van der Waals surface area (Å²) in [6, 6.07) is 0.767. The summed E-state index contributed by atoms with van der Waals surface area (Å²) in [5.74, 6) is 0. The highest BCUT2D eigenvalue weighted by Gasteiger charge is 2.18. The standard InChI is InChI=1S/C12H21N3.C6H14/c1-11-9-13-15(10-11)8-6-12-5-3-4-7-14(12)2;1-3-5-6-4-2/h9-10,12H,3-8H2,1-2H3;3-6H2,1-2H3/t12-;/m1./s1. The van der Waals surface area contributed by atoms with E-state index < -0.39 is 0 Å². The predicted molar refractivity (Wildman–Crippen MR) is 91.7 cm³/mol. The lowest BCUT2D eigenvalue weighted by atomic mass is 10.0. The number of nitrogens with zero attached hydrogens (tertiary/aromatic N) is 3. The lowest BCUT2D eigenvalue weighted by Crippen LogP contribution is -2.36. The second-order valence-electron chi connectivity index (χ2n) is 6.41. The number of hydrogen-bond donors (Lipinski definition) is 0. The third-order valence-electron chi connectivity index (χ3n) is 4.33. The number of likely N-dealkylation sites (tertiary alicyclic amines) is 1. The van der Waals surface area contributed by atoms with Crippen LogP contribution in [0.4, 0.5) is 0 Å². The summed E-state index contributed by atoms with van der Waals surface area (Å²) >= 11 is 0. The van der Waals surface area contributed by atoms with Crippen LogP contribution >= 0.6 is 0 Å². The Bertz CT molecular complexity index is 355. The quantitative estimate of drug-likeness (QED) is 0.712. The second kappa shape index (κ2) is 10.8. The van der Waals surface area contributed by atoms with Gasteiger partial charge in [0.1, 0.15) is 0 Å². The maximum absolute atomic E-state index is 4.32. The third kappa shape index (κ3) is 7.66. The summed E-state index contributed by atoms with van der Waals surface area (Å²) in [7, 11) is 2.25. The van der Waals surface area contributed by atoms with Gasteiger partial charge in [-0.05, 0) is 45.3 Å². The Morgan fingerprint density at radius 3 is 2.43 bits per heavy atom. The molecular weight excluding hydrogens is 258 g/mol. The summed E-state index contributed by atoms with van der Waals surface area (Å²) in [5, 5.41) is 4.32. The molecule has 1 saturated heterocycles. The lowest BCUT2D eigenvalue weighted by molar-refractivity contribution is 0.169. The molecule has 0 N–H and O–H groups in total. The van der Waals surface area contributed by atoms with Gasteiger partial charge in [0, 0.05) is 18.8 Å². The molecule has 1 atom stereocenters. The molecule has 1 aromatic rings. The van der Waals surface area contributed by atoms with Gasteiger partial charge < -0.3 is 4.90 Å². The molecule has 122 valence electrons. The maximum Gasteiger partial charge on any atom is 0.0518 e. The van der Waals surface area contributed by atoms with Crippen molar-refractivity contribution in [3.8, 4) is 0 Å². The third-order valence-corrected chi connectivity index (χ3v) is 4.33. The lowest BCUT2D eigenvalue weighted by Gasteiger charge is -2.32. The molecule has 1 fully saturated rings. The van der Waals surface area contributed by atoms with Crippen LogP contribution < -0.4 is 0 Å². The van der Waals surface area contributed by atoms with E-state index in [0.717, 1.165) is 12.6 Å². The van der Waals surface area contributed by atoms with Crippen molar-refractivity contribution in [1.82, 2.24) is 14.7 Å². The number of piperidine rings is 1. The molecule has 0 unspecified atom stereocenters. The first-order valence-electron chi connectivity index (χ1n) is 8.86. The Kier molecular flexibility index (Phi) is 9.40. The normalized spacial score (nSPS) is 19.1. The number of aryl methyl sites for hydroxylation is 2. The molecule has 2 rings (SSSR count). The average molecular weight is 293 g/mol. The zero-order valence-corrected chi connectivity index (χ0v) is 14.6. The fourth-order valence-corrected chi connectivity index (χ4v) is 2.88.